The summed E-state index contributed by atoms with van der Waals surface area (Å²) in [6.07, 6.45) is 2.98. The topological polar surface area (TPSA) is 144 Å². The first-order valence-corrected chi connectivity index (χ1v) is 12.7. The number of alkyl halides is 3. The molecule has 3 N–H and O–H groups in total. The molecule has 212 valence electrons. The Balaban J connectivity index is 1.30. The van der Waals surface area contributed by atoms with Gasteiger partial charge in [-0.25, -0.2) is 4.98 Å². The highest BCUT2D eigenvalue weighted by Crippen LogP contribution is 2.29. The van der Waals surface area contributed by atoms with Crippen LogP contribution in [0.1, 0.15) is 36.8 Å². The van der Waals surface area contributed by atoms with Gasteiger partial charge in [0, 0.05) is 37.1 Å². The normalized spacial score (nSPS) is 17.1. The lowest BCUT2D eigenvalue weighted by Crippen LogP contribution is -2.39. The summed E-state index contributed by atoms with van der Waals surface area (Å²) in [5.74, 6) is -0.180. The van der Waals surface area contributed by atoms with E-state index in [1.54, 1.807) is 30.6 Å². The second-order valence-electron chi connectivity index (χ2n) is 9.39. The van der Waals surface area contributed by atoms with Crippen LogP contribution in [0.25, 0.3) is 0 Å². The fourth-order valence-corrected chi connectivity index (χ4v) is 4.49. The van der Waals surface area contributed by atoms with Gasteiger partial charge in [0.15, 0.2) is 0 Å². The number of ether oxygens (including phenoxy) is 1. The lowest BCUT2D eigenvalue weighted by atomic mass is 9.86. The zero-order valence-corrected chi connectivity index (χ0v) is 21.4. The molecule has 0 spiro atoms. The van der Waals surface area contributed by atoms with E-state index in [2.05, 4.69) is 35.6 Å². The molecule has 0 bridgehead atoms. The smallest absolute Gasteiger partial charge is 0.405 e. The molecule has 1 aliphatic carbocycles. The maximum absolute atomic E-state index is 12.7. The zero-order chi connectivity index (χ0) is 28.5. The van der Waals surface area contributed by atoms with Gasteiger partial charge < -0.3 is 20.7 Å². The number of para-hydroxylation sites is 1. The van der Waals surface area contributed by atoms with Crippen molar-refractivity contribution in [3.05, 3.63) is 76.2 Å². The first-order chi connectivity index (χ1) is 19.2. The van der Waals surface area contributed by atoms with Crippen molar-refractivity contribution in [3.8, 4) is 5.75 Å². The van der Waals surface area contributed by atoms with Gasteiger partial charge in [0.2, 0.25) is 17.7 Å². The van der Waals surface area contributed by atoms with Crippen LogP contribution in [-0.4, -0.2) is 44.7 Å². The number of carbonyl (C=O) groups excluding carboxylic acids is 1. The van der Waals surface area contributed by atoms with Crippen molar-refractivity contribution in [2.75, 3.05) is 17.2 Å². The van der Waals surface area contributed by atoms with Crippen molar-refractivity contribution < 1.29 is 27.6 Å². The molecular weight excluding hydrogens is 531 g/mol. The average Bonchev–Trinajstić information content (AvgIpc) is 2.92. The SMILES string of the molecule is O=C(Cc1ccncc1)NC1CCC(CNc2nc(NCc3ccccc3OC(F)(F)F)ncc2[N+](=O)[O-])CC1. The highest BCUT2D eigenvalue weighted by molar-refractivity contribution is 5.78. The van der Waals surface area contributed by atoms with E-state index in [0.717, 1.165) is 37.4 Å². The van der Waals surface area contributed by atoms with Crippen LogP contribution < -0.4 is 20.7 Å². The zero-order valence-electron chi connectivity index (χ0n) is 21.4. The minimum absolute atomic E-state index is 0.00936. The summed E-state index contributed by atoms with van der Waals surface area (Å²) >= 11 is 0. The molecule has 14 heteroatoms. The molecule has 2 aromatic heterocycles. The Bertz CT molecular complexity index is 1300. The Labute approximate surface area is 227 Å². The van der Waals surface area contributed by atoms with Crippen LogP contribution in [0.2, 0.25) is 0 Å². The third kappa shape index (κ3) is 8.51. The van der Waals surface area contributed by atoms with Crippen molar-refractivity contribution in [1.82, 2.24) is 20.3 Å². The quantitative estimate of drug-likeness (QED) is 0.226. The first-order valence-electron chi connectivity index (χ1n) is 12.7. The fraction of sp³-hybridized carbons (Fsp3) is 0.385. The lowest BCUT2D eigenvalue weighted by molar-refractivity contribution is -0.384. The molecule has 40 heavy (non-hydrogen) atoms. The van der Waals surface area contributed by atoms with E-state index in [0.29, 0.717) is 13.0 Å². The molecule has 1 aliphatic rings. The van der Waals surface area contributed by atoms with Gasteiger partial charge in [-0.1, -0.05) is 18.2 Å². The second-order valence-corrected chi connectivity index (χ2v) is 9.39. The molecule has 1 amide bonds. The summed E-state index contributed by atoms with van der Waals surface area (Å²) < 4.78 is 42.1. The number of hydrogen-bond acceptors (Lipinski definition) is 9. The van der Waals surface area contributed by atoms with Crippen molar-refractivity contribution in [2.24, 2.45) is 5.92 Å². The Morgan fingerprint density at radius 3 is 2.50 bits per heavy atom. The van der Waals surface area contributed by atoms with Crippen LogP contribution in [-0.2, 0) is 17.8 Å². The summed E-state index contributed by atoms with van der Waals surface area (Å²) in [6.45, 7) is 0.331. The average molecular weight is 560 g/mol. The molecular formula is C26H28F3N7O4. The van der Waals surface area contributed by atoms with Gasteiger partial charge in [0.05, 0.1) is 11.3 Å². The maximum atomic E-state index is 12.7. The molecule has 1 aromatic carbocycles. The van der Waals surface area contributed by atoms with Crippen molar-refractivity contribution in [1.29, 1.82) is 0 Å². The van der Waals surface area contributed by atoms with Gasteiger partial charge in [-0.3, -0.25) is 19.9 Å². The molecule has 2 heterocycles. The number of anilines is 2. The van der Waals surface area contributed by atoms with Crippen LogP contribution in [0.4, 0.5) is 30.6 Å². The number of nitrogens with one attached hydrogen (secondary N) is 3. The van der Waals surface area contributed by atoms with E-state index in [4.69, 9.17) is 0 Å². The van der Waals surface area contributed by atoms with E-state index in [-0.39, 0.29) is 53.2 Å². The van der Waals surface area contributed by atoms with Crippen molar-refractivity contribution in [3.63, 3.8) is 0 Å². The summed E-state index contributed by atoms with van der Waals surface area (Å²) in [4.78, 5) is 35.3. The minimum atomic E-state index is -4.85. The summed E-state index contributed by atoms with van der Waals surface area (Å²) in [5, 5.41) is 20.4. The fourth-order valence-electron chi connectivity index (χ4n) is 4.49. The first kappa shape index (κ1) is 28.5. The third-order valence-corrected chi connectivity index (χ3v) is 6.49. The van der Waals surface area contributed by atoms with E-state index in [1.807, 2.05) is 0 Å². The van der Waals surface area contributed by atoms with E-state index < -0.39 is 11.3 Å². The molecule has 0 unspecified atom stereocenters. The number of halogens is 3. The number of hydrogen-bond donors (Lipinski definition) is 3. The third-order valence-electron chi connectivity index (χ3n) is 6.49. The van der Waals surface area contributed by atoms with Crippen molar-refractivity contribution in [2.45, 2.75) is 51.1 Å². The van der Waals surface area contributed by atoms with Crippen LogP contribution in [0.5, 0.6) is 5.75 Å². The van der Waals surface area contributed by atoms with Crippen LogP contribution in [0.3, 0.4) is 0 Å². The van der Waals surface area contributed by atoms with Gasteiger partial charge >= 0.3 is 12.0 Å². The standard InChI is InChI=1S/C26H28F3N7O4/c27-26(28,29)40-22-4-2-1-3-19(22)15-32-25-33-16-21(36(38)39)24(35-25)31-14-18-5-7-20(8-6-18)34-23(37)13-17-9-11-30-12-10-17/h1-4,9-12,16,18,20H,5-8,13-15H2,(H,34,37)(H2,31,32,33,35). The predicted molar refractivity (Wildman–Crippen MR) is 139 cm³/mol. The predicted octanol–water partition coefficient (Wildman–Crippen LogP) is 4.62. The Morgan fingerprint density at radius 2 is 1.80 bits per heavy atom. The Morgan fingerprint density at radius 1 is 1.07 bits per heavy atom. The molecule has 1 saturated carbocycles. The monoisotopic (exact) mass is 559 g/mol. The molecule has 4 rings (SSSR count). The molecule has 3 aromatic rings. The van der Waals surface area contributed by atoms with Gasteiger partial charge in [0.25, 0.3) is 0 Å². The highest BCUT2D eigenvalue weighted by atomic mass is 19.4. The molecule has 11 nitrogen and oxygen atoms in total. The Hall–Kier alpha value is -4.49. The van der Waals surface area contributed by atoms with Gasteiger partial charge in [0.1, 0.15) is 11.9 Å². The van der Waals surface area contributed by atoms with Crippen LogP contribution in [0, 0.1) is 16.0 Å². The Kier molecular flexibility index (Phi) is 9.30. The molecule has 1 fully saturated rings. The number of pyridine rings is 1. The summed E-state index contributed by atoms with van der Waals surface area (Å²) in [6, 6.07) is 9.29. The molecule has 0 saturated heterocycles. The number of aromatic nitrogens is 3. The molecule has 0 aliphatic heterocycles. The van der Waals surface area contributed by atoms with Crippen LogP contribution >= 0.6 is 0 Å². The number of carbonyl (C=O) groups is 1. The van der Waals surface area contributed by atoms with E-state index >= 15 is 0 Å². The summed E-state index contributed by atoms with van der Waals surface area (Å²) in [7, 11) is 0. The number of nitro groups is 1. The number of nitrogens with zero attached hydrogens (tertiary/aromatic N) is 4. The number of amides is 1. The van der Waals surface area contributed by atoms with Gasteiger partial charge in [-0.05, 0) is 55.4 Å². The van der Waals surface area contributed by atoms with E-state index in [9.17, 15) is 28.1 Å². The lowest BCUT2D eigenvalue weighted by Gasteiger charge is -2.29. The molecule has 0 atom stereocenters. The van der Waals surface area contributed by atoms with E-state index in [1.165, 1.54) is 18.2 Å². The van der Waals surface area contributed by atoms with Crippen molar-refractivity contribution >= 4 is 23.4 Å². The van der Waals surface area contributed by atoms with Gasteiger partial charge in [-0.2, -0.15) is 4.98 Å². The highest BCUT2D eigenvalue weighted by Gasteiger charge is 2.32. The second kappa shape index (κ2) is 13.0. The van der Waals surface area contributed by atoms with Crippen LogP contribution in [0.15, 0.2) is 55.0 Å². The number of benzene rings is 1. The largest absolute Gasteiger partial charge is 0.573 e. The van der Waals surface area contributed by atoms with Gasteiger partial charge in [-0.15, -0.1) is 13.2 Å². The number of rotatable bonds is 11. The minimum Gasteiger partial charge on any atom is -0.405 e. The maximum Gasteiger partial charge on any atom is 0.573 e. The summed E-state index contributed by atoms with van der Waals surface area (Å²) in [5.41, 5.74) is 0.786. The molecule has 0 radical (unpaired) electrons.